The number of benzene rings is 8. The van der Waals surface area contributed by atoms with E-state index in [1.54, 1.807) is 6.20 Å². The lowest BCUT2D eigenvalue weighted by Crippen LogP contribution is -1.97. The molecule has 0 amide bonds. The average Bonchev–Trinajstić information content (AvgIpc) is 3.26. The van der Waals surface area contributed by atoms with Gasteiger partial charge in [0.25, 0.3) is 0 Å². The van der Waals surface area contributed by atoms with Gasteiger partial charge in [0.2, 0.25) is 0 Å². The molecular weight excluding hydrogens is 655 g/mol. The Morgan fingerprint density at radius 3 is 1.59 bits per heavy atom. The number of aromatic nitrogens is 3. The molecule has 252 valence electrons. The van der Waals surface area contributed by atoms with Crippen molar-refractivity contribution in [3.63, 3.8) is 0 Å². The summed E-state index contributed by atoms with van der Waals surface area (Å²) in [4.78, 5) is 14.9. The number of fused-ring (bicyclic) bond motifs is 3. The number of hydrogen-bond acceptors (Lipinski definition) is 3. The molecule has 0 bridgehead atoms. The minimum atomic E-state index is 0.676. The van der Waals surface area contributed by atoms with E-state index < -0.39 is 0 Å². The highest BCUT2D eigenvalue weighted by Crippen LogP contribution is 2.45. The van der Waals surface area contributed by atoms with Crippen LogP contribution in [0.2, 0.25) is 0 Å². The maximum atomic E-state index is 5.30. The van der Waals surface area contributed by atoms with Gasteiger partial charge in [-0.25, -0.2) is 9.97 Å². The molecule has 8 aromatic carbocycles. The standard InChI is InChI=1S/C51H33N3/c1-2-16-35(17-3-1)47-32-48(41-24-7-6-23-40(41)38-21-14-30-52-33-38)54-51(53-47)37-20-12-19-36(31-37)49-43-25-8-10-27-45(43)50(46-28-11-9-26-44(46)49)42-29-13-18-34-15-4-5-22-39(34)42/h1-33H. The fraction of sp³-hybridized carbons (Fsp3) is 0. The van der Waals surface area contributed by atoms with E-state index in [1.165, 1.54) is 49.0 Å². The number of pyridine rings is 1. The molecule has 54 heavy (non-hydrogen) atoms. The summed E-state index contributed by atoms with van der Waals surface area (Å²) in [5.41, 5.74) is 11.7. The highest BCUT2D eigenvalue weighted by atomic mass is 14.9. The zero-order valence-electron chi connectivity index (χ0n) is 29.4. The van der Waals surface area contributed by atoms with Crippen molar-refractivity contribution < 1.29 is 0 Å². The van der Waals surface area contributed by atoms with Crippen LogP contribution in [0, 0.1) is 0 Å². The number of rotatable bonds is 6. The summed E-state index contributed by atoms with van der Waals surface area (Å²) in [6.45, 7) is 0. The predicted molar refractivity (Wildman–Crippen MR) is 225 cm³/mol. The molecule has 0 spiro atoms. The lowest BCUT2D eigenvalue weighted by Gasteiger charge is -2.19. The Balaban J connectivity index is 1.19. The molecule has 3 heteroatoms. The highest BCUT2D eigenvalue weighted by molar-refractivity contribution is 6.23. The Kier molecular flexibility index (Phi) is 7.81. The summed E-state index contributed by atoms with van der Waals surface area (Å²) in [7, 11) is 0. The van der Waals surface area contributed by atoms with E-state index >= 15 is 0 Å². The first-order valence-corrected chi connectivity index (χ1v) is 18.3. The molecule has 0 aliphatic heterocycles. The van der Waals surface area contributed by atoms with Gasteiger partial charge in [0.1, 0.15) is 0 Å². The largest absolute Gasteiger partial charge is 0.264 e. The van der Waals surface area contributed by atoms with Crippen molar-refractivity contribution in [3.8, 4) is 67.3 Å². The summed E-state index contributed by atoms with van der Waals surface area (Å²) < 4.78 is 0. The summed E-state index contributed by atoms with van der Waals surface area (Å²) >= 11 is 0. The molecule has 2 heterocycles. The lowest BCUT2D eigenvalue weighted by molar-refractivity contribution is 1.18. The summed E-state index contributed by atoms with van der Waals surface area (Å²) in [6, 6.07) is 66.6. The minimum Gasteiger partial charge on any atom is -0.264 e. The normalized spacial score (nSPS) is 11.3. The smallest absolute Gasteiger partial charge is 0.160 e. The van der Waals surface area contributed by atoms with Crippen LogP contribution in [0.4, 0.5) is 0 Å². The molecule has 0 aliphatic carbocycles. The van der Waals surface area contributed by atoms with E-state index in [0.29, 0.717) is 5.82 Å². The zero-order chi connectivity index (χ0) is 35.8. The Morgan fingerprint density at radius 1 is 0.315 bits per heavy atom. The van der Waals surface area contributed by atoms with Crippen LogP contribution in [-0.4, -0.2) is 15.0 Å². The van der Waals surface area contributed by atoms with Crippen LogP contribution in [0.1, 0.15) is 0 Å². The third kappa shape index (κ3) is 5.51. The van der Waals surface area contributed by atoms with Crippen molar-refractivity contribution in [2.45, 2.75) is 0 Å². The molecule has 0 aliphatic rings. The Bertz CT molecular complexity index is 2930. The van der Waals surface area contributed by atoms with Gasteiger partial charge in [-0.15, -0.1) is 0 Å². The fourth-order valence-electron chi connectivity index (χ4n) is 7.94. The topological polar surface area (TPSA) is 38.7 Å². The molecule has 2 aromatic heterocycles. The molecule has 0 saturated carbocycles. The summed E-state index contributed by atoms with van der Waals surface area (Å²) in [5.74, 6) is 0.676. The monoisotopic (exact) mass is 687 g/mol. The first kappa shape index (κ1) is 31.5. The Morgan fingerprint density at radius 2 is 0.852 bits per heavy atom. The maximum absolute atomic E-state index is 5.30. The van der Waals surface area contributed by atoms with E-state index in [9.17, 15) is 0 Å². The molecule has 10 rings (SSSR count). The zero-order valence-corrected chi connectivity index (χ0v) is 29.4. The molecule has 0 atom stereocenters. The van der Waals surface area contributed by atoms with E-state index in [-0.39, 0.29) is 0 Å². The van der Waals surface area contributed by atoms with Crippen LogP contribution in [0.15, 0.2) is 200 Å². The van der Waals surface area contributed by atoms with E-state index in [1.807, 2.05) is 18.3 Å². The average molecular weight is 688 g/mol. The summed E-state index contributed by atoms with van der Waals surface area (Å²) in [5, 5.41) is 7.36. The second-order valence-electron chi connectivity index (χ2n) is 13.6. The van der Waals surface area contributed by atoms with E-state index in [4.69, 9.17) is 9.97 Å². The van der Waals surface area contributed by atoms with Crippen LogP contribution in [-0.2, 0) is 0 Å². The second-order valence-corrected chi connectivity index (χ2v) is 13.6. The highest BCUT2D eigenvalue weighted by Gasteiger charge is 2.19. The predicted octanol–water partition coefficient (Wildman–Crippen LogP) is 13.3. The van der Waals surface area contributed by atoms with E-state index in [2.05, 4.69) is 181 Å². The van der Waals surface area contributed by atoms with Gasteiger partial charge >= 0.3 is 0 Å². The second kappa shape index (κ2) is 13.4. The summed E-state index contributed by atoms with van der Waals surface area (Å²) in [6.07, 6.45) is 3.71. The molecule has 10 aromatic rings. The SMILES string of the molecule is c1ccc(-c2cc(-c3ccccc3-c3cccnc3)nc(-c3cccc(-c4c5ccccc5c(-c5cccc6ccccc56)c5ccccc45)c3)n2)cc1. The van der Waals surface area contributed by atoms with Crippen LogP contribution < -0.4 is 0 Å². The van der Waals surface area contributed by atoms with Gasteiger partial charge in [0.15, 0.2) is 5.82 Å². The Labute approximate surface area is 313 Å². The van der Waals surface area contributed by atoms with Crippen LogP contribution in [0.25, 0.3) is 99.6 Å². The van der Waals surface area contributed by atoms with Crippen molar-refractivity contribution in [1.29, 1.82) is 0 Å². The van der Waals surface area contributed by atoms with Gasteiger partial charge in [0, 0.05) is 34.6 Å². The third-order valence-corrected chi connectivity index (χ3v) is 10.4. The van der Waals surface area contributed by atoms with Crippen molar-refractivity contribution in [2.75, 3.05) is 0 Å². The van der Waals surface area contributed by atoms with Gasteiger partial charge in [-0.1, -0.05) is 170 Å². The molecule has 0 saturated heterocycles. The van der Waals surface area contributed by atoms with E-state index in [0.717, 1.165) is 44.8 Å². The van der Waals surface area contributed by atoms with Crippen molar-refractivity contribution in [3.05, 3.63) is 200 Å². The van der Waals surface area contributed by atoms with Crippen molar-refractivity contribution in [2.24, 2.45) is 0 Å². The first-order valence-electron chi connectivity index (χ1n) is 18.3. The molecular formula is C51H33N3. The Hall–Kier alpha value is -7.23. The number of hydrogen-bond donors (Lipinski definition) is 0. The molecule has 3 nitrogen and oxygen atoms in total. The molecule has 0 fully saturated rings. The molecule has 0 radical (unpaired) electrons. The minimum absolute atomic E-state index is 0.676. The van der Waals surface area contributed by atoms with Gasteiger partial charge in [-0.2, -0.15) is 0 Å². The van der Waals surface area contributed by atoms with Gasteiger partial charge in [-0.3, -0.25) is 4.98 Å². The van der Waals surface area contributed by atoms with Gasteiger partial charge < -0.3 is 0 Å². The molecule has 0 unspecified atom stereocenters. The van der Waals surface area contributed by atoms with Crippen molar-refractivity contribution in [1.82, 2.24) is 15.0 Å². The van der Waals surface area contributed by atoms with Crippen LogP contribution in [0.5, 0.6) is 0 Å². The lowest BCUT2D eigenvalue weighted by atomic mass is 9.84. The van der Waals surface area contributed by atoms with Crippen molar-refractivity contribution >= 4 is 32.3 Å². The third-order valence-electron chi connectivity index (χ3n) is 10.4. The quantitative estimate of drug-likeness (QED) is 0.163. The fourth-order valence-corrected chi connectivity index (χ4v) is 7.94. The first-order chi connectivity index (χ1) is 26.8. The van der Waals surface area contributed by atoms with Crippen LogP contribution >= 0.6 is 0 Å². The van der Waals surface area contributed by atoms with Gasteiger partial charge in [0.05, 0.1) is 11.4 Å². The van der Waals surface area contributed by atoms with Crippen LogP contribution in [0.3, 0.4) is 0 Å². The number of nitrogens with zero attached hydrogens (tertiary/aromatic N) is 3. The molecule has 0 N–H and O–H groups in total. The maximum Gasteiger partial charge on any atom is 0.160 e. The van der Waals surface area contributed by atoms with Gasteiger partial charge in [-0.05, 0) is 78.3 Å².